The first kappa shape index (κ1) is 16.5. The number of rotatable bonds is 5. The quantitative estimate of drug-likeness (QED) is 0.765. The highest BCUT2D eigenvalue weighted by Gasteiger charge is 2.26. The second-order valence-corrected chi connectivity index (χ2v) is 8.56. The number of hydrogen-bond donors (Lipinski definition) is 2. The van der Waals surface area contributed by atoms with E-state index in [0.29, 0.717) is 10.2 Å². The number of sulfonamides is 1. The van der Waals surface area contributed by atoms with E-state index in [1.54, 1.807) is 12.1 Å². The normalized spacial score (nSPS) is 13.5. The fraction of sp³-hybridized carbons (Fsp3) is 0.286. The van der Waals surface area contributed by atoms with Crippen LogP contribution in [0.15, 0.2) is 45.1 Å². The zero-order chi connectivity index (χ0) is 15.6. The highest BCUT2D eigenvalue weighted by atomic mass is 79.9. The lowest BCUT2D eigenvalue weighted by molar-refractivity contribution is 0.468. The first-order valence-electron chi connectivity index (χ1n) is 6.42. The van der Waals surface area contributed by atoms with E-state index in [1.807, 2.05) is 31.4 Å². The molecule has 1 unspecified atom stereocenters. The van der Waals surface area contributed by atoms with Crippen LogP contribution in [0.5, 0.6) is 0 Å². The highest BCUT2D eigenvalue weighted by Crippen LogP contribution is 2.30. The van der Waals surface area contributed by atoms with Gasteiger partial charge in [-0.1, -0.05) is 19.9 Å². The monoisotopic (exact) mass is 388 g/mol. The molecule has 1 aromatic carbocycles. The Labute approximate surface area is 137 Å². The van der Waals surface area contributed by atoms with Gasteiger partial charge in [0.05, 0.1) is 10.9 Å². The van der Waals surface area contributed by atoms with Gasteiger partial charge in [-0.3, -0.25) is 0 Å². The summed E-state index contributed by atoms with van der Waals surface area (Å²) < 4.78 is 28.5. The van der Waals surface area contributed by atoms with E-state index < -0.39 is 10.0 Å². The first-order valence-corrected chi connectivity index (χ1v) is 9.57. The van der Waals surface area contributed by atoms with Crippen molar-refractivity contribution in [3.63, 3.8) is 0 Å². The minimum atomic E-state index is -3.65. The molecule has 3 N–H and O–H groups in total. The second-order valence-electron chi connectivity index (χ2n) is 5.05. The SMILES string of the molecule is CC(C)C(NS(=O)(=O)c1cc(N)ccc1Br)c1cccs1. The lowest BCUT2D eigenvalue weighted by Gasteiger charge is -2.21. The van der Waals surface area contributed by atoms with E-state index in [0.717, 1.165) is 4.88 Å². The molecule has 0 fully saturated rings. The fourth-order valence-corrected chi connectivity index (χ4v) is 5.33. The molecule has 1 heterocycles. The van der Waals surface area contributed by atoms with Gasteiger partial charge in [0.15, 0.2) is 0 Å². The van der Waals surface area contributed by atoms with Crippen LogP contribution in [0.3, 0.4) is 0 Å². The van der Waals surface area contributed by atoms with E-state index in [1.165, 1.54) is 17.4 Å². The number of nitrogens with one attached hydrogen (secondary N) is 1. The predicted octanol–water partition coefficient (Wildman–Crippen LogP) is 3.77. The van der Waals surface area contributed by atoms with Crippen LogP contribution in [-0.4, -0.2) is 8.42 Å². The van der Waals surface area contributed by atoms with Crippen molar-refractivity contribution < 1.29 is 8.42 Å². The molecule has 1 aromatic heterocycles. The van der Waals surface area contributed by atoms with Crippen LogP contribution >= 0.6 is 27.3 Å². The highest BCUT2D eigenvalue weighted by molar-refractivity contribution is 9.10. The molecular formula is C14H17BrN2O2S2. The van der Waals surface area contributed by atoms with Crippen molar-refractivity contribution in [2.75, 3.05) is 5.73 Å². The Morgan fingerprint density at radius 3 is 2.57 bits per heavy atom. The van der Waals surface area contributed by atoms with Crippen molar-refractivity contribution in [1.29, 1.82) is 0 Å². The summed E-state index contributed by atoms with van der Waals surface area (Å²) in [4.78, 5) is 1.15. The Kier molecular flexibility index (Phi) is 5.08. The molecule has 2 aromatic rings. The van der Waals surface area contributed by atoms with E-state index >= 15 is 0 Å². The molecule has 0 saturated carbocycles. The number of nitrogen functional groups attached to an aromatic ring is 1. The summed E-state index contributed by atoms with van der Waals surface area (Å²) in [6, 6.07) is 8.34. The van der Waals surface area contributed by atoms with Gasteiger partial charge in [-0.05, 0) is 51.5 Å². The van der Waals surface area contributed by atoms with Gasteiger partial charge in [0, 0.05) is 15.0 Å². The van der Waals surface area contributed by atoms with Crippen molar-refractivity contribution in [2.24, 2.45) is 5.92 Å². The van der Waals surface area contributed by atoms with Gasteiger partial charge in [-0.2, -0.15) is 0 Å². The van der Waals surface area contributed by atoms with Crippen molar-refractivity contribution in [3.05, 3.63) is 45.1 Å². The third-order valence-electron chi connectivity index (χ3n) is 3.04. The van der Waals surface area contributed by atoms with Gasteiger partial charge in [-0.25, -0.2) is 13.1 Å². The molecule has 0 spiro atoms. The maximum atomic E-state index is 12.6. The third-order valence-corrected chi connectivity index (χ3v) is 6.43. The van der Waals surface area contributed by atoms with Gasteiger partial charge >= 0.3 is 0 Å². The first-order chi connectivity index (χ1) is 9.81. The summed E-state index contributed by atoms with van der Waals surface area (Å²) in [7, 11) is -3.65. The number of nitrogens with two attached hydrogens (primary N) is 1. The Morgan fingerprint density at radius 1 is 1.29 bits per heavy atom. The van der Waals surface area contributed by atoms with E-state index in [4.69, 9.17) is 5.73 Å². The molecule has 0 aliphatic heterocycles. The average molecular weight is 389 g/mol. The van der Waals surface area contributed by atoms with Crippen LogP contribution in [0.1, 0.15) is 24.8 Å². The summed E-state index contributed by atoms with van der Waals surface area (Å²) in [6.45, 7) is 3.97. The van der Waals surface area contributed by atoms with Crippen molar-refractivity contribution in [3.8, 4) is 0 Å². The van der Waals surface area contributed by atoms with Crippen LogP contribution in [-0.2, 0) is 10.0 Å². The van der Waals surface area contributed by atoms with Gasteiger partial charge in [0.2, 0.25) is 10.0 Å². The standard InChI is InChI=1S/C14H17BrN2O2S2/c1-9(2)14(12-4-3-7-20-12)17-21(18,19)13-8-10(16)5-6-11(13)15/h3-9,14,17H,16H2,1-2H3. The van der Waals surface area contributed by atoms with Gasteiger partial charge in [0.1, 0.15) is 0 Å². The van der Waals surface area contributed by atoms with Crippen LogP contribution in [0.4, 0.5) is 5.69 Å². The maximum Gasteiger partial charge on any atom is 0.242 e. The molecule has 21 heavy (non-hydrogen) atoms. The van der Waals surface area contributed by atoms with Crippen molar-refractivity contribution in [1.82, 2.24) is 4.72 Å². The second kappa shape index (κ2) is 6.48. The molecule has 0 aliphatic rings. The van der Waals surface area contributed by atoms with Crippen LogP contribution in [0.25, 0.3) is 0 Å². The number of thiophene rings is 1. The van der Waals surface area contributed by atoms with Crippen molar-refractivity contribution in [2.45, 2.75) is 24.8 Å². The Balaban J connectivity index is 2.37. The van der Waals surface area contributed by atoms with Gasteiger partial charge in [-0.15, -0.1) is 11.3 Å². The molecular weight excluding hydrogens is 372 g/mol. The van der Waals surface area contributed by atoms with Gasteiger partial charge < -0.3 is 5.73 Å². The fourth-order valence-electron chi connectivity index (χ4n) is 1.95. The molecule has 7 heteroatoms. The Hall–Kier alpha value is -0.890. The number of hydrogen-bond acceptors (Lipinski definition) is 4. The summed E-state index contributed by atoms with van der Waals surface area (Å²) in [5.74, 6) is 0.137. The smallest absolute Gasteiger partial charge is 0.242 e. The van der Waals surface area contributed by atoms with Crippen LogP contribution in [0, 0.1) is 5.92 Å². The molecule has 0 amide bonds. The molecule has 0 aliphatic carbocycles. The zero-order valence-electron chi connectivity index (χ0n) is 11.7. The number of anilines is 1. The van der Waals surface area contributed by atoms with E-state index in [9.17, 15) is 8.42 Å². The molecule has 114 valence electrons. The lowest BCUT2D eigenvalue weighted by atomic mass is 10.0. The summed E-state index contributed by atoms with van der Waals surface area (Å²) in [5, 5.41) is 1.94. The average Bonchev–Trinajstić information content (AvgIpc) is 2.92. The summed E-state index contributed by atoms with van der Waals surface area (Å²) in [6.07, 6.45) is 0. The minimum absolute atomic E-state index is 0.137. The van der Waals surface area contributed by atoms with E-state index in [-0.39, 0.29) is 16.9 Å². The van der Waals surface area contributed by atoms with Crippen molar-refractivity contribution >= 4 is 43.0 Å². The van der Waals surface area contributed by atoms with Crippen LogP contribution < -0.4 is 10.5 Å². The molecule has 0 saturated heterocycles. The molecule has 0 radical (unpaired) electrons. The molecule has 1 atom stereocenters. The summed E-state index contributed by atoms with van der Waals surface area (Å²) in [5.41, 5.74) is 6.11. The largest absolute Gasteiger partial charge is 0.399 e. The topological polar surface area (TPSA) is 72.2 Å². The van der Waals surface area contributed by atoms with E-state index in [2.05, 4.69) is 20.7 Å². The number of benzene rings is 1. The number of halogens is 1. The Morgan fingerprint density at radius 2 is 2.00 bits per heavy atom. The third kappa shape index (κ3) is 3.85. The predicted molar refractivity (Wildman–Crippen MR) is 90.8 cm³/mol. The summed E-state index contributed by atoms with van der Waals surface area (Å²) >= 11 is 4.81. The minimum Gasteiger partial charge on any atom is -0.399 e. The molecule has 4 nitrogen and oxygen atoms in total. The zero-order valence-corrected chi connectivity index (χ0v) is 14.9. The maximum absolute atomic E-state index is 12.6. The molecule has 2 rings (SSSR count). The van der Waals surface area contributed by atoms with Gasteiger partial charge in [0.25, 0.3) is 0 Å². The lowest BCUT2D eigenvalue weighted by Crippen LogP contribution is -2.31. The Bertz CT molecular complexity index is 713. The molecule has 0 bridgehead atoms. The van der Waals surface area contributed by atoms with Crippen LogP contribution in [0.2, 0.25) is 0 Å².